The van der Waals surface area contributed by atoms with Crippen LogP contribution in [0.2, 0.25) is 0 Å². The van der Waals surface area contributed by atoms with E-state index in [1.807, 2.05) is 12.1 Å². The fraction of sp³-hybridized carbons (Fsp3) is 0.231. The fourth-order valence-corrected chi connectivity index (χ4v) is 3.98. The molecule has 3 rings (SSSR count). The van der Waals surface area contributed by atoms with E-state index in [0.717, 1.165) is 33.0 Å². The van der Waals surface area contributed by atoms with Crippen molar-refractivity contribution < 1.29 is 0 Å². The molecule has 0 saturated heterocycles. The molecule has 1 aromatic carbocycles. The van der Waals surface area contributed by atoms with Gasteiger partial charge >= 0.3 is 0 Å². The fourth-order valence-electron chi connectivity index (χ4n) is 1.84. The lowest BCUT2D eigenvalue weighted by molar-refractivity contribution is 0.884. The van der Waals surface area contributed by atoms with Crippen molar-refractivity contribution >= 4 is 39.5 Å². The molecule has 1 aromatic heterocycles. The summed E-state index contributed by atoms with van der Waals surface area (Å²) in [6.45, 7) is 0. The summed E-state index contributed by atoms with van der Waals surface area (Å²) in [5, 5.41) is 0.717. The molecule has 1 aliphatic rings. The number of aromatic amines is 1. The Balaban J connectivity index is 1.75. The first-order chi connectivity index (χ1) is 9.22. The summed E-state index contributed by atoms with van der Waals surface area (Å²) in [6.07, 6.45) is 0. The maximum Gasteiger partial charge on any atom is 0.255 e. The Bertz CT molecular complexity index is 655. The van der Waals surface area contributed by atoms with Crippen LogP contribution < -0.4 is 5.56 Å². The van der Waals surface area contributed by atoms with Gasteiger partial charge in [-0.25, -0.2) is 4.98 Å². The number of rotatable bonds is 3. The van der Waals surface area contributed by atoms with E-state index in [4.69, 9.17) is 0 Å². The number of benzene rings is 1. The molecule has 98 valence electrons. The highest BCUT2D eigenvalue weighted by Crippen LogP contribution is 2.27. The monoisotopic (exact) mass is 354 g/mol. The molecule has 3 nitrogen and oxygen atoms in total. The molecule has 19 heavy (non-hydrogen) atoms. The summed E-state index contributed by atoms with van der Waals surface area (Å²) in [7, 11) is 0. The predicted octanol–water partition coefficient (Wildman–Crippen LogP) is 3.57. The lowest BCUT2D eigenvalue weighted by Crippen LogP contribution is -2.14. The molecule has 2 heterocycles. The molecule has 0 fully saturated rings. The van der Waals surface area contributed by atoms with Crippen molar-refractivity contribution in [3.63, 3.8) is 0 Å². The van der Waals surface area contributed by atoms with E-state index in [0.29, 0.717) is 5.16 Å². The van der Waals surface area contributed by atoms with Crippen LogP contribution in [-0.2, 0) is 17.3 Å². The van der Waals surface area contributed by atoms with E-state index in [2.05, 4.69) is 38.0 Å². The highest BCUT2D eigenvalue weighted by molar-refractivity contribution is 9.10. The zero-order valence-corrected chi connectivity index (χ0v) is 13.2. The number of nitrogens with zero attached hydrogens (tertiary/aromatic N) is 1. The SMILES string of the molecule is O=c1[nH]c(SCc2ccc(Br)cc2)nc2c1CSC2. The van der Waals surface area contributed by atoms with E-state index in [-0.39, 0.29) is 5.56 Å². The number of hydrogen-bond acceptors (Lipinski definition) is 4. The standard InChI is InChI=1S/C13H11BrN2OS2/c14-9-3-1-8(2-4-9)5-19-13-15-11-7-18-6-10(11)12(17)16-13/h1-4H,5-7H2,(H,15,16,17). The summed E-state index contributed by atoms with van der Waals surface area (Å²) in [5.74, 6) is 2.45. The Morgan fingerprint density at radius 2 is 2.11 bits per heavy atom. The van der Waals surface area contributed by atoms with Crippen LogP contribution >= 0.6 is 39.5 Å². The second-order valence-electron chi connectivity index (χ2n) is 4.20. The summed E-state index contributed by atoms with van der Waals surface area (Å²) < 4.78 is 1.07. The Hall–Kier alpha value is -0.720. The van der Waals surface area contributed by atoms with Gasteiger partial charge in [0.05, 0.1) is 5.69 Å². The normalized spacial score (nSPS) is 13.5. The molecule has 0 saturated carbocycles. The van der Waals surface area contributed by atoms with Crippen LogP contribution in [0.25, 0.3) is 0 Å². The molecule has 0 unspecified atom stereocenters. The van der Waals surface area contributed by atoms with Gasteiger partial charge in [0, 0.05) is 27.3 Å². The topological polar surface area (TPSA) is 45.8 Å². The molecule has 0 amide bonds. The second kappa shape index (κ2) is 5.73. The zero-order chi connectivity index (χ0) is 13.2. The number of fused-ring (bicyclic) bond motifs is 1. The van der Waals surface area contributed by atoms with Crippen molar-refractivity contribution in [3.8, 4) is 0 Å². The van der Waals surface area contributed by atoms with Crippen LogP contribution in [0.15, 0.2) is 38.7 Å². The summed E-state index contributed by atoms with van der Waals surface area (Å²) >= 11 is 6.73. The zero-order valence-electron chi connectivity index (χ0n) is 9.98. The number of H-pyrrole nitrogens is 1. The molecule has 0 aliphatic carbocycles. The second-order valence-corrected chi connectivity index (χ2v) is 7.07. The predicted molar refractivity (Wildman–Crippen MR) is 83.6 cm³/mol. The quantitative estimate of drug-likeness (QED) is 0.675. The van der Waals surface area contributed by atoms with Crippen molar-refractivity contribution in [1.29, 1.82) is 0 Å². The molecule has 2 aromatic rings. The first kappa shape index (κ1) is 13.3. The van der Waals surface area contributed by atoms with Gasteiger partial charge in [0.1, 0.15) is 0 Å². The maximum atomic E-state index is 11.9. The molecule has 6 heteroatoms. The lowest BCUT2D eigenvalue weighted by Gasteiger charge is -2.03. The third-order valence-electron chi connectivity index (χ3n) is 2.85. The smallest absolute Gasteiger partial charge is 0.255 e. The highest BCUT2D eigenvalue weighted by atomic mass is 79.9. The van der Waals surface area contributed by atoms with Gasteiger partial charge in [-0.15, -0.1) is 0 Å². The molecule has 0 radical (unpaired) electrons. The largest absolute Gasteiger partial charge is 0.301 e. The average Bonchev–Trinajstić information content (AvgIpc) is 2.87. The van der Waals surface area contributed by atoms with E-state index in [1.165, 1.54) is 5.56 Å². The van der Waals surface area contributed by atoms with Gasteiger partial charge in [0.25, 0.3) is 5.56 Å². The minimum atomic E-state index is 0.0216. The minimum absolute atomic E-state index is 0.0216. The van der Waals surface area contributed by atoms with Gasteiger partial charge in [-0.3, -0.25) is 4.79 Å². The van der Waals surface area contributed by atoms with Gasteiger partial charge in [0.2, 0.25) is 0 Å². The summed E-state index contributed by atoms with van der Waals surface area (Å²) in [6, 6.07) is 8.17. The molecular weight excluding hydrogens is 344 g/mol. The van der Waals surface area contributed by atoms with Crippen LogP contribution in [0.5, 0.6) is 0 Å². The first-order valence-corrected chi connectivity index (χ1v) is 8.73. The summed E-state index contributed by atoms with van der Waals surface area (Å²) in [5.41, 5.74) is 3.03. The van der Waals surface area contributed by atoms with Crippen LogP contribution in [0.4, 0.5) is 0 Å². The van der Waals surface area contributed by atoms with Crippen molar-refractivity contribution in [1.82, 2.24) is 9.97 Å². The number of thioether (sulfide) groups is 2. The van der Waals surface area contributed by atoms with Gasteiger partial charge in [-0.1, -0.05) is 39.8 Å². The Labute approximate surface area is 127 Å². The molecule has 1 N–H and O–H groups in total. The van der Waals surface area contributed by atoms with Crippen LogP contribution in [-0.4, -0.2) is 9.97 Å². The molecule has 1 aliphatic heterocycles. The molecule has 0 atom stereocenters. The third kappa shape index (κ3) is 3.07. The molecule has 0 spiro atoms. The van der Waals surface area contributed by atoms with Gasteiger partial charge in [-0.2, -0.15) is 11.8 Å². The van der Waals surface area contributed by atoms with Crippen LogP contribution in [0.1, 0.15) is 16.8 Å². The maximum absolute atomic E-state index is 11.9. The number of aromatic nitrogens is 2. The number of hydrogen-bond donors (Lipinski definition) is 1. The highest BCUT2D eigenvalue weighted by Gasteiger charge is 2.17. The summed E-state index contributed by atoms with van der Waals surface area (Å²) in [4.78, 5) is 19.2. The van der Waals surface area contributed by atoms with Crippen molar-refractivity contribution in [3.05, 3.63) is 55.9 Å². The van der Waals surface area contributed by atoms with E-state index < -0.39 is 0 Å². The van der Waals surface area contributed by atoms with Gasteiger partial charge in [-0.05, 0) is 17.7 Å². The van der Waals surface area contributed by atoms with Crippen molar-refractivity contribution in [2.45, 2.75) is 22.4 Å². The van der Waals surface area contributed by atoms with Crippen LogP contribution in [0, 0.1) is 0 Å². The van der Waals surface area contributed by atoms with Crippen molar-refractivity contribution in [2.24, 2.45) is 0 Å². The first-order valence-electron chi connectivity index (χ1n) is 5.79. The Morgan fingerprint density at radius 3 is 2.89 bits per heavy atom. The van der Waals surface area contributed by atoms with E-state index in [9.17, 15) is 4.79 Å². The van der Waals surface area contributed by atoms with Crippen LogP contribution in [0.3, 0.4) is 0 Å². The number of nitrogens with one attached hydrogen (secondary N) is 1. The van der Waals surface area contributed by atoms with Gasteiger partial charge in [0.15, 0.2) is 5.16 Å². The molecule has 0 bridgehead atoms. The third-order valence-corrected chi connectivity index (χ3v) is 5.30. The number of halogens is 1. The Morgan fingerprint density at radius 1 is 1.32 bits per heavy atom. The Kier molecular flexibility index (Phi) is 4.00. The van der Waals surface area contributed by atoms with Gasteiger partial charge < -0.3 is 4.98 Å². The average molecular weight is 355 g/mol. The van der Waals surface area contributed by atoms with Crippen molar-refractivity contribution in [2.75, 3.05) is 0 Å². The van der Waals surface area contributed by atoms with E-state index >= 15 is 0 Å². The lowest BCUT2D eigenvalue weighted by atomic mass is 10.2. The molecular formula is C13H11BrN2OS2. The van der Waals surface area contributed by atoms with E-state index in [1.54, 1.807) is 23.5 Å². The minimum Gasteiger partial charge on any atom is -0.301 e.